The molecule has 35 heavy (non-hydrogen) atoms. The van der Waals surface area contributed by atoms with Gasteiger partial charge in [0, 0.05) is 47.8 Å². The number of aromatic amines is 1. The summed E-state index contributed by atoms with van der Waals surface area (Å²) in [7, 11) is 0. The molecule has 1 atom stereocenters. The number of benzene rings is 3. The monoisotopic (exact) mass is 465 g/mol. The van der Waals surface area contributed by atoms with Gasteiger partial charge in [-0.3, -0.25) is 9.69 Å². The Morgan fingerprint density at radius 2 is 1.91 bits per heavy atom. The van der Waals surface area contributed by atoms with Gasteiger partial charge in [-0.2, -0.15) is 0 Å². The lowest BCUT2D eigenvalue weighted by Gasteiger charge is -2.34. The molecular formula is C30H31N3O2. The number of aromatic hydroxyl groups is 1. The van der Waals surface area contributed by atoms with Crippen molar-refractivity contribution in [1.29, 1.82) is 0 Å². The minimum Gasteiger partial charge on any atom is -0.508 e. The van der Waals surface area contributed by atoms with Gasteiger partial charge in [-0.25, -0.2) is 0 Å². The Kier molecular flexibility index (Phi) is 6.68. The molecule has 2 heterocycles. The van der Waals surface area contributed by atoms with E-state index in [1.807, 2.05) is 48.5 Å². The highest BCUT2D eigenvalue weighted by atomic mass is 16.3. The molecule has 5 heteroatoms. The van der Waals surface area contributed by atoms with Gasteiger partial charge in [-0.1, -0.05) is 60.7 Å². The number of aromatic nitrogens is 1. The second-order valence-corrected chi connectivity index (χ2v) is 9.28. The van der Waals surface area contributed by atoms with Crippen molar-refractivity contribution in [2.75, 3.05) is 6.54 Å². The van der Waals surface area contributed by atoms with Crippen LogP contribution in [0.1, 0.15) is 46.1 Å². The summed E-state index contributed by atoms with van der Waals surface area (Å²) in [4.78, 5) is 18.9. The van der Waals surface area contributed by atoms with Gasteiger partial charge in [0.1, 0.15) is 5.75 Å². The molecule has 1 aliphatic rings. The van der Waals surface area contributed by atoms with Crippen LogP contribution in [0.5, 0.6) is 5.75 Å². The predicted molar refractivity (Wildman–Crippen MR) is 141 cm³/mol. The van der Waals surface area contributed by atoms with Crippen molar-refractivity contribution in [3.8, 4) is 5.75 Å². The number of amides is 1. The van der Waals surface area contributed by atoms with Crippen LogP contribution in [-0.4, -0.2) is 33.5 Å². The van der Waals surface area contributed by atoms with Crippen LogP contribution in [0.2, 0.25) is 0 Å². The Morgan fingerprint density at radius 3 is 2.77 bits per heavy atom. The van der Waals surface area contributed by atoms with E-state index < -0.39 is 0 Å². The Morgan fingerprint density at radius 1 is 1.11 bits per heavy atom. The van der Waals surface area contributed by atoms with Gasteiger partial charge in [0.25, 0.3) is 5.91 Å². The summed E-state index contributed by atoms with van der Waals surface area (Å²) >= 11 is 0. The molecule has 0 bridgehead atoms. The first-order valence-electron chi connectivity index (χ1n) is 12.2. The first kappa shape index (κ1) is 22.9. The molecule has 0 spiro atoms. The highest BCUT2D eigenvalue weighted by Crippen LogP contribution is 2.33. The summed E-state index contributed by atoms with van der Waals surface area (Å²) in [6.07, 6.45) is 5.86. The van der Waals surface area contributed by atoms with E-state index in [1.165, 1.54) is 11.3 Å². The Bertz CT molecular complexity index is 1360. The molecule has 5 rings (SSSR count). The predicted octanol–water partition coefficient (Wildman–Crippen LogP) is 5.65. The third kappa shape index (κ3) is 5.15. The van der Waals surface area contributed by atoms with Crippen LogP contribution in [0.3, 0.4) is 0 Å². The van der Waals surface area contributed by atoms with Crippen LogP contribution >= 0.6 is 0 Å². The smallest absolute Gasteiger partial charge is 0.251 e. The van der Waals surface area contributed by atoms with E-state index in [-0.39, 0.29) is 5.91 Å². The number of nitrogens with one attached hydrogen (secondary N) is 2. The van der Waals surface area contributed by atoms with E-state index in [0.717, 1.165) is 47.0 Å². The molecule has 1 amide bonds. The number of rotatable bonds is 7. The Balaban J connectivity index is 1.24. The van der Waals surface area contributed by atoms with Crippen molar-refractivity contribution in [2.45, 2.75) is 38.9 Å². The van der Waals surface area contributed by atoms with Crippen LogP contribution in [0, 0.1) is 0 Å². The van der Waals surface area contributed by atoms with E-state index in [4.69, 9.17) is 0 Å². The van der Waals surface area contributed by atoms with Crippen LogP contribution < -0.4 is 5.32 Å². The lowest BCUT2D eigenvalue weighted by atomic mass is 9.96. The maximum absolute atomic E-state index is 13.0. The van der Waals surface area contributed by atoms with Crippen LogP contribution in [0.15, 0.2) is 78.9 Å². The maximum Gasteiger partial charge on any atom is 0.251 e. The summed E-state index contributed by atoms with van der Waals surface area (Å²) in [5, 5.41) is 14.1. The van der Waals surface area contributed by atoms with Crippen molar-refractivity contribution in [3.63, 3.8) is 0 Å². The lowest BCUT2D eigenvalue weighted by molar-refractivity contribution is 0.0950. The topological polar surface area (TPSA) is 68.4 Å². The van der Waals surface area contributed by atoms with E-state index in [2.05, 4.69) is 52.5 Å². The van der Waals surface area contributed by atoms with Gasteiger partial charge >= 0.3 is 0 Å². The fourth-order valence-electron chi connectivity index (χ4n) is 4.90. The number of H-pyrrole nitrogens is 1. The number of hydrogen-bond acceptors (Lipinski definition) is 3. The SMILES string of the molecule is CC1Cc2c([nH]c3ccc(O)cc23)CN1Cc1ccccc1C(=O)NCC/C=C/c1ccccc1. The highest BCUT2D eigenvalue weighted by Gasteiger charge is 2.27. The fraction of sp³-hybridized carbons (Fsp3) is 0.233. The normalized spacial score (nSPS) is 16.0. The first-order chi connectivity index (χ1) is 17.1. The molecule has 0 saturated carbocycles. The summed E-state index contributed by atoms with van der Waals surface area (Å²) in [6, 6.07) is 23.9. The van der Waals surface area contributed by atoms with Crippen molar-refractivity contribution < 1.29 is 9.90 Å². The third-order valence-electron chi connectivity index (χ3n) is 6.80. The molecule has 3 N–H and O–H groups in total. The number of nitrogens with zero attached hydrogens (tertiary/aromatic N) is 1. The highest BCUT2D eigenvalue weighted by molar-refractivity contribution is 5.95. The molecule has 5 nitrogen and oxygen atoms in total. The zero-order valence-corrected chi connectivity index (χ0v) is 20.0. The van der Waals surface area contributed by atoms with Crippen molar-refractivity contribution >= 4 is 22.9 Å². The molecular weight excluding hydrogens is 434 g/mol. The molecule has 1 aromatic heterocycles. The third-order valence-corrected chi connectivity index (χ3v) is 6.80. The number of fused-ring (bicyclic) bond motifs is 3. The largest absolute Gasteiger partial charge is 0.508 e. The van der Waals surface area contributed by atoms with Crippen LogP contribution in [0.4, 0.5) is 0 Å². The van der Waals surface area contributed by atoms with Crippen LogP contribution in [-0.2, 0) is 19.5 Å². The van der Waals surface area contributed by atoms with Gasteiger partial charge < -0.3 is 15.4 Å². The van der Waals surface area contributed by atoms with Gasteiger partial charge in [-0.15, -0.1) is 0 Å². The summed E-state index contributed by atoms with van der Waals surface area (Å²) < 4.78 is 0. The zero-order chi connectivity index (χ0) is 24.2. The van der Waals surface area contributed by atoms with Gasteiger partial charge in [0.05, 0.1) is 0 Å². The molecule has 0 saturated heterocycles. The number of carbonyl (C=O) groups excluding carboxylic acids is 1. The number of phenols is 1. The van der Waals surface area contributed by atoms with Crippen molar-refractivity contribution in [1.82, 2.24) is 15.2 Å². The van der Waals surface area contributed by atoms with Gasteiger partial charge in [-0.05, 0) is 60.7 Å². The zero-order valence-electron chi connectivity index (χ0n) is 20.0. The van der Waals surface area contributed by atoms with Crippen LogP contribution in [0.25, 0.3) is 17.0 Å². The van der Waals surface area contributed by atoms with E-state index >= 15 is 0 Å². The Hall–Kier alpha value is -3.83. The summed E-state index contributed by atoms with van der Waals surface area (Å²) in [5.74, 6) is 0.269. The lowest BCUT2D eigenvalue weighted by Crippen LogP contribution is -2.38. The molecule has 0 radical (unpaired) electrons. The fourth-order valence-corrected chi connectivity index (χ4v) is 4.90. The minimum absolute atomic E-state index is 0.0276. The molecule has 4 aromatic rings. The Labute approximate surface area is 206 Å². The molecule has 3 aromatic carbocycles. The van der Waals surface area contributed by atoms with E-state index in [9.17, 15) is 9.90 Å². The van der Waals surface area contributed by atoms with Gasteiger partial charge in [0.15, 0.2) is 0 Å². The van der Waals surface area contributed by atoms with Gasteiger partial charge in [0.2, 0.25) is 0 Å². The maximum atomic E-state index is 13.0. The molecule has 0 fully saturated rings. The number of phenolic OH excluding ortho intramolecular Hbond substituents is 1. The van der Waals surface area contributed by atoms with E-state index in [0.29, 0.717) is 24.9 Å². The average Bonchev–Trinajstić information content (AvgIpc) is 3.21. The molecule has 1 unspecified atom stereocenters. The quantitative estimate of drug-likeness (QED) is 0.309. The molecule has 0 aliphatic carbocycles. The second-order valence-electron chi connectivity index (χ2n) is 9.28. The minimum atomic E-state index is -0.0276. The number of hydrogen-bond donors (Lipinski definition) is 3. The van der Waals surface area contributed by atoms with Crippen molar-refractivity contribution in [3.05, 3.63) is 107 Å². The average molecular weight is 466 g/mol. The molecule has 178 valence electrons. The number of carbonyl (C=O) groups is 1. The standard InChI is InChI=1S/C30H31N3O2/c1-21-17-26-27-18-24(34)14-15-28(27)32-29(26)20-33(21)19-23-12-5-6-13-25(23)30(35)31-16-8-7-11-22-9-3-2-4-10-22/h2-7,9-15,18,21,32,34H,8,16-17,19-20H2,1H3,(H,31,35)/b11-7+. The summed E-state index contributed by atoms with van der Waals surface area (Å²) in [6.45, 7) is 4.32. The van der Waals surface area contributed by atoms with E-state index in [1.54, 1.807) is 6.07 Å². The molecule has 1 aliphatic heterocycles. The second kappa shape index (κ2) is 10.2. The van der Waals surface area contributed by atoms with Crippen molar-refractivity contribution in [2.24, 2.45) is 0 Å². The summed E-state index contributed by atoms with van der Waals surface area (Å²) in [5.41, 5.74) is 6.47. The first-order valence-corrected chi connectivity index (χ1v) is 12.2.